The fraction of sp³-hybridized carbons (Fsp3) is 0.714. The summed E-state index contributed by atoms with van der Waals surface area (Å²) in [5.74, 6) is -1.87. The molecule has 2 aliphatic rings. The van der Waals surface area contributed by atoms with Crippen LogP contribution in [0.5, 0.6) is 0 Å². The minimum atomic E-state index is -4.69. The van der Waals surface area contributed by atoms with Gasteiger partial charge in [0.25, 0.3) is 0 Å². The maximum Gasteiger partial charge on any atom is 0.469 e. The van der Waals surface area contributed by atoms with Gasteiger partial charge in [0.15, 0.2) is 0 Å². The van der Waals surface area contributed by atoms with Gasteiger partial charge in [-0.05, 0) is 13.8 Å². The topological polar surface area (TPSA) is 141 Å². The molecule has 10 nitrogen and oxygen atoms in total. The highest BCUT2D eigenvalue weighted by molar-refractivity contribution is 7.46. The molecule has 0 aromatic carbocycles. The second kappa shape index (κ2) is 8.05. The minimum absolute atomic E-state index is 0.222. The van der Waals surface area contributed by atoms with E-state index in [0.717, 1.165) is 0 Å². The van der Waals surface area contributed by atoms with Crippen molar-refractivity contribution in [1.29, 1.82) is 0 Å². The molecule has 11 heteroatoms. The predicted molar refractivity (Wildman–Crippen MR) is 83.2 cm³/mol. The maximum atomic E-state index is 12.1. The molecule has 0 radical (unpaired) electrons. The normalized spacial score (nSPS) is 33.1. The quantitative estimate of drug-likeness (QED) is 0.394. The Kier molecular flexibility index (Phi) is 6.50. The van der Waals surface area contributed by atoms with Gasteiger partial charge in [-0.15, -0.1) is 0 Å². The number of phosphoric ester groups is 1. The van der Waals surface area contributed by atoms with E-state index in [4.69, 9.17) is 24.0 Å². The second-order valence-corrected chi connectivity index (χ2v) is 7.25. The third kappa shape index (κ3) is 5.18. The molecule has 0 aliphatic carbocycles. The van der Waals surface area contributed by atoms with Gasteiger partial charge >= 0.3 is 7.82 Å². The molecule has 0 bridgehead atoms. The van der Waals surface area contributed by atoms with Crippen LogP contribution in [0.25, 0.3) is 0 Å². The molecule has 5 atom stereocenters. The van der Waals surface area contributed by atoms with Gasteiger partial charge < -0.3 is 24.0 Å². The molecule has 0 saturated carbocycles. The van der Waals surface area contributed by atoms with Crippen LogP contribution in [-0.4, -0.2) is 65.8 Å². The van der Waals surface area contributed by atoms with E-state index in [0.29, 0.717) is 0 Å². The Morgan fingerprint density at radius 3 is 2.52 bits per heavy atom. The first-order valence-electron chi connectivity index (χ1n) is 7.69. The molecule has 2 amide bonds. The number of ether oxygens (including phenoxy) is 3. The zero-order chi connectivity index (χ0) is 18.8. The van der Waals surface area contributed by atoms with Crippen LogP contribution in [0.2, 0.25) is 0 Å². The Hall–Kier alpha value is -1.13. The zero-order valence-corrected chi connectivity index (χ0v) is 14.9. The van der Waals surface area contributed by atoms with Crippen LogP contribution in [-0.2, 0) is 32.9 Å². The number of methoxy groups -OCH3 is 1. The van der Waals surface area contributed by atoms with Gasteiger partial charge in [0.2, 0.25) is 11.8 Å². The Balaban J connectivity index is 2.22. The number of phosphoric acid groups is 1. The first-order chi connectivity index (χ1) is 11.6. The van der Waals surface area contributed by atoms with Crippen molar-refractivity contribution in [1.82, 2.24) is 5.32 Å². The lowest BCUT2D eigenvalue weighted by Gasteiger charge is -2.27. The van der Waals surface area contributed by atoms with Crippen LogP contribution in [0.4, 0.5) is 0 Å². The number of carbonyl (C=O) groups excluding carboxylic acids is 2. The van der Waals surface area contributed by atoms with Crippen LogP contribution >= 0.6 is 7.82 Å². The molecular formula is C14H22NO9P. The van der Waals surface area contributed by atoms with Gasteiger partial charge in [0.1, 0.15) is 24.4 Å². The monoisotopic (exact) mass is 379 g/mol. The Morgan fingerprint density at radius 1 is 1.32 bits per heavy atom. The van der Waals surface area contributed by atoms with Gasteiger partial charge in [-0.2, -0.15) is 0 Å². The van der Waals surface area contributed by atoms with Crippen molar-refractivity contribution >= 4 is 19.6 Å². The van der Waals surface area contributed by atoms with Crippen LogP contribution < -0.4 is 5.32 Å². The molecule has 2 unspecified atom stereocenters. The highest BCUT2D eigenvalue weighted by atomic mass is 31.2. The number of imide groups is 1. The van der Waals surface area contributed by atoms with Crippen LogP contribution in [0, 0.1) is 5.92 Å². The van der Waals surface area contributed by atoms with Crippen LogP contribution in [0.1, 0.15) is 13.8 Å². The molecule has 0 spiro atoms. The molecule has 1 fully saturated rings. The van der Waals surface area contributed by atoms with E-state index in [1.54, 1.807) is 13.8 Å². The van der Waals surface area contributed by atoms with E-state index in [-0.39, 0.29) is 6.10 Å². The van der Waals surface area contributed by atoms with Gasteiger partial charge in [0.05, 0.1) is 18.6 Å². The molecule has 2 heterocycles. The lowest BCUT2D eigenvalue weighted by atomic mass is 9.93. The molecule has 3 N–H and O–H groups in total. The zero-order valence-electron chi connectivity index (χ0n) is 14.0. The highest BCUT2D eigenvalue weighted by Gasteiger charge is 2.51. The molecular weight excluding hydrogens is 357 g/mol. The molecule has 0 aromatic rings. The van der Waals surface area contributed by atoms with E-state index >= 15 is 0 Å². The van der Waals surface area contributed by atoms with Gasteiger partial charge in [-0.3, -0.25) is 19.4 Å². The number of rotatable bonds is 7. The molecule has 142 valence electrons. The lowest BCUT2D eigenvalue weighted by Crippen LogP contribution is -2.47. The third-order valence-electron chi connectivity index (χ3n) is 3.81. The van der Waals surface area contributed by atoms with Gasteiger partial charge in [0, 0.05) is 13.2 Å². The van der Waals surface area contributed by atoms with E-state index in [1.807, 2.05) is 0 Å². The smallest absolute Gasteiger partial charge is 0.376 e. The maximum absolute atomic E-state index is 12.1. The van der Waals surface area contributed by atoms with E-state index in [9.17, 15) is 14.2 Å². The number of hydrogen-bond donors (Lipinski definition) is 3. The largest absolute Gasteiger partial charge is 0.469 e. The first kappa shape index (κ1) is 20.2. The van der Waals surface area contributed by atoms with Crippen molar-refractivity contribution in [3.8, 4) is 0 Å². The second-order valence-electron chi connectivity index (χ2n) is 6.01. The van der Waals surface area contributed by atoms with E-state index in [1.165, 1.54) is 19.3 Å². The summed E-state index contributed by atoms with van der Waals surface area (Å²) < 4.78 is 32.5. The van der Waals surface area contributed by atoms with Crippen molar-refractivity contribution in [3.05, 3.63) is 12.2 Å². The van der Waals surface area contributed by atoms with Gasteiger partial charge in [-0.25, -0.2) is 4.57 Å². The fourth-order valence-corrected chi connectivity index (χ4v) is 3.22. The van der Waals surface area contributed by atoms with Crippen molar-refractivity contribution in [2.75, 3.05) is 13.7 Å². The average Bonchev–Trinajstić information content (AvgIpc) is 2.81. The summed E-state index contributed by atoms with van der Waals surface area (Å²) in [6.45, 7) is 3.13. The molecule has 0 aromatic heterocycles. The number of nitrogens with one attached hydrogen (secondary N) is 1. The summed E-state index contributed by atoms with van der Waals surface area (Å²) >= 11 is 0. The molecule has 2 aliphatic heterocycles. The fourth-order valence-electron chi connectivity index (χ4n) is 2.88. The predicted octanol–water partition coefficient (Wildman–Crippen LogP) is -0.499. The standard InChI is InChI=1S/C14H22NO9P/c1-7(2)23-12-9(6-22-25(18,19)20)24-11(13(12)21-3)8-4-5-10(16)15-14(8)17/h4-5,7-9,11-13H,6H2,1-3H3,(H,15,16,17)(H2,18,19,20)/t8?,9-,11+,12+,13?/m1/s1. The number of hydrogen-bond acceptors (Lipinski definition) is 7. The Morgan fingerprint density at radius 2 is 2.00 bits per heavy atom. The van der Waals surface area contributed by atoms with E-state index in [2.05, 4.69) is 9.84 Å². The SMILES string of the molecule is COC1[C@H](C2C=CC(=O)NC2=O)O[C@H](COP(=O)(O)O)[C@@H]1OC(C)C. The van der Waals surface area contributed by atoms with Crippen molar-refractivity contribution in [3.63, 3.8) is 0 Å². The van der Waals surface area contributed by atoms with E-state index < -0.39 is 56.6 Å². The van der Waals surface area contributed by atoms with Crippen LogP contribution in [0.15, 0.2) is 12.2 Å². The Labute approximate surface area is 144 Å². The summed E-state index contributed by atoms with van der Waals surface area (Å²) in [5.41, 5.74) is 0. The average molecular weight is 379 g/mol. The van der Waals surface area contributed by atoms with Crippen molar-refractivity contribution < 1.29 is 42.7 Å². The highest BCUT2D eigenvalue weighted by Crippen LogP contribution is 2.39. The number of amides is 2. The minimum Gasteiger partial charge on any atom is -0.376 e. The van der Waals surface area contributed by atoms with Gasteiger partial charge in [-0.1, -0.05) is 6.08 Å². The van der Waals surface area contributed by atoms with Crippen LogP contribution in [0.3, 0.4) is 0 Å². The summed E-state index contributed by atoms with van der Waals surface area (Å²) in [7, 11) is -3.28. The van der Waals surface area contributed by atoms with Crippen molar-refractivity contribution in [2.45, 2.75) is 44.4 Å². The lowest BCUT2D eigenvalue weighted by molar-refractivity contribution is -0.136. The third-order valence-corrected chi connectivity index (χ3v) is 4.30. The summed E-state index contributed by atoms with van der Waals surface area (Å²) in [4.78, 5) is 41.1. The summed E-state index contributed by atoms with van der Waals surface area (Å²) in [6.07, 6.45) is -0.648. The number of carbonyl (C=O) groups is 2. The van der Waals surface area contributed by atoms with Crippen molar-refractivity contribution in [2.24, 2.45) is 5.92 Å². The first-order valence-corrected chi connectivity index (χ1v) is 9.22. The summed E-state index contributed by atoms with van der Waals surface area (Å²) in [5, 5.41) is 2.18. The Bertz CT molecular complexity index is 587. The molecule has 25 heavy (non-hydrogen) atoms. The molecule has 1 saturated heterocycles. The molecule has 2 rings (SSSR count). The summed E-state index contributed by atoms with van der Waals surface area (Å²) in [6, 6.07) is 0.